The van der Waals surface area contributed by atoms with E-state index >= 15 is 0 Å². The second kappa shape index (κ2) is 8.90. The number of hydrogen-bond acceptors (Lipinski definition) is 3. The maximum Gasteiger partial charge on any atom is 0.247 e. The highest BCUT2D eigenvalue weighted by atomic mass is 35.5. The van der Waals surface area contributed by atoms with Crippen molar-refractivity contribution in [3.8, 4) is 0 Å². The molecule has 1 aliphatic heterocycles. The molecule has 3 atom stereocenters. The quantitative estimate of drug-likeness (QED) is 0.441. The minimum Gasteiger partial charge on any atom is -0.324 e. The van der Waals surface area contributed by atoms with Crippen LogP contribution in [-0.4, -0.2) is 28.7 Å². The number of nitrogens with zero attached hydrogens (tertiary/aromatic N) is 1. The molecule has 0 saturated carbocycles. The van der Waals surface area contributed by atoms with Crippen LogP contribution in [0, 0.1) is 11.8 Å². The smallest absolute Gasteiger partial charge is 0.247 e. The second-order valence-corrected chi connectivity index (χ2v) is 10.4. The predicted octanol–water partition coefficient (Wildman–Crippen LogP) is 5.73. The number of likely N-dealkylation sites (tertiary alicyclic amines) is 1. The van der Waals surface area contributed by atoms with Gasteiger partial charge in [-0.25, -0.2) is 0 Å². The van der Waals surface area contributed by atoms with Crippen molar-refractivity contribution >= 4 is 35.0 Å². The van der Waals surface area contributed by atoms with E-state index in [1.54, 1.807) is 24.3 Å². The molecule has 3 unspecified atom stereocenters. The molecule has 1 saturated heterocycles. The molecular formula is C30H27ClN2O3. The Hall–Kier alpha value is -3.44. The number of rotatable bonds is 6. The summed E-state index contributed by atoms with van der Waals surface area (Å²) in [5, 5.41) is 3.40. The summed E-state index contributed by atoms with van der Waals surface area (Å²) in [6.07, 6.45) is 2.01. The van der Waals surface area contributed by atoms with Crippen molar-refractivity contribution in [2.75, 3.05) is 5.32 Å². The van der Waals surface area contributed by atoms with E-state index in [0.29, 0.717) is 17.1 Å². The number of nitrogens with one attached hydrogen (secondary N) is 1. The molecule has 5 nitrogen and oxygen atoms in total. The number of carbonyl (C=O) groups excluding carboxylic acids is 3. The predicted molar refractivity (Wildman–Crippen MR) is 139 cm³/mol. The molecule has 182 valence electrons. The molecule has 0 aromatic heterocycles. The van der Waals surface area contributed by atoms with Crippen molar-refractivity contribution in [1.29, 1.82) is 0 Å². The Balaban J connectivity index is 1.40. The fraction of sp³-hybridized carbons (Fsp3) is 0.300. The Kier molecular flexibility index (Phi) is 5.68. The van der Waals surface area contributed by atoms with Gasteiger partial charge in [-0.1, -0.05) is 86.0 Å². The molecule has 1 N–H and O–H groups in total. The van der Waals surface area contributed by atoms with Crippen molar-refractivity contribution in [2.24, 2.45) is 11.8 Å². The molecule has 3 aromatic carbocycles. The van der Waals surface area contributed by atoms with Crippen LogP contribution in [0.3, 0.4) is 0 Å². The Morgan fingerprint density at radius 3 is 1.86 bits per heavy atom. The monoisotopic (exact) mass is 498 g/mol. The van der Waals surface area contributed by atoms with E-state index in [4.69, 9.17) is 11.6 Å². The van der Waals surface area contributed by atoms with E-state index in [1.165, 1.54) is 4.90 Å². The molecule has 3 aliphatic carbocycles. The second-order valence-electron chi connectivity index (χ2n) is 9.97. The molecule has 1 fully saturated rings. The Morgan fingerprint density at radius 1 is 0.861 bits per heavy atom. The van der Waals surface area contributed by atoms with Crippen LogP contribution in [0.15, 0.2) is 72.8 Å². The van der Waals surface area contributed by atoms with Gasteiger partial charge in [-0.2, -0.15) is 0 Å². The summed E-state index contributed by atoms with van der Waals surface area (Å²) in [7, 11) is 0. The summed E-state index contributed by atoms with van der Waals surface area (Å²) in [5.41, 5.74) is 5.04. The first kappa shape index (κ1) is 23.0. The molecule has 7 rings (SSSR count). The Morgan fingerprint density at radius 2 is 1.39 bits per heavy atom. The average Bonchev–Trinajstić information content (AvgIpc) is 3.15. The third-order valence-corrected chi connectivity index (χ3v) is 8.26. The van der Waals surface area contributed by atoms with Gasteiger partial charge in [0.25, 0.3) is 0 Å². The summed E-state index contributed by atoms with van der Waals surface area (Å²) in [6.45, 7) is 2.03. The van der Waals surface area contributed by atoms with Crippen molar-refractivity contribution < 1.29 is 14.4 Å². The Labute approximate surface area is 215 Å². The molecular weight excluding hydrogens is 472 g/mol. The van der Waals surface area contributed by atoms with Crippen molar-refractivity contribution in [2.45, 2.75) is 44.1 Å². The summed E-state index contributed by atoms with van der Waals surface area (Å²) >= 11 is 6.11. The van der Waals surface area contributed by atoms with Crippen LogP contribution in [0.5, 0.6) is 0 Å². The fourth-order valence-corrected chi connectivity index (χ4v) is 6.76. The fourth-order valence-electron chi connectivity index (χ4n) is 6.57. The van der Waals surface area contributed by atoms with Crippen molar-refractivity contribution in [3.05, 3.63) is 100 Å². The van der Waals surface area contributed by atoms with Gasteiger partial charge in [-0.3, -0.25) is 19.3 Å². The van der Waals surface area contributed by atoms with E-state index < -0.39 is 17.9 Å². The van der Waals surface area contributed by atoms with Crippen LogP contribution in [0.25, 0.3) is 0 Å². The lowest BCUT2D eigenvalue weighted by molar-refractivity contribution is -0.147. The van der Waals surface area contributed by atoms with Crippen molar-refractivity contribution in [1.82, 2.24) is 4.90 Å². The molecule has 4 aliphatic rings. The molecule has 2 bridgehead atoms. The van der Waals surface area contributed by atoms with E-state index in [1.807, 2.05) is 31.2 Å². The van der Waals surface area contributed by atoms with Gasteiger partial charge in [-0.15, -0.1) is 0 Å². The van der Waals surface area contributed by atoms with Gasteiger partial charge in [0.2, 0.25) is 17.7 Å². The maximum absolute atomic E-state index is 14.1. The minimum atomic E-state index is -0.861. The van der Waals surface area contributed by atoms with Gasteiger partial charge < -0.3 is 5.32 Å². The van der Waals surface area contributed by atoms with Crippen LogP contribution >= 0.6 is 11.6 Å². The van der Waals surface area contributed by atoms with Gasteiger partial charge >= 0.3 is 0 Å². The largest absolute Gasteiger partial charge is 0.324 e. The summed E-state index contributed by atoms with van der Waals surface area (Å²) in [5.74, 6) is -2.16. The topological polar surface area (TPSA) is 66.5 Å². The van der Waals surface area contributed by atoms with Crippen LogP contribution in [0.4, 0.5) is 5.69 Å². The highest BCUT2D eigenvalue weighted by Crippen LogP contribution is 2.61. The van der Waals surface area contributed by atoms with E-state index in [-0.39, 0.29) is 29.6 Å². The molecule has 3 aromatic rings. The molecule has 3 amide bonds. The van der Waals surface area contributed by atoms with Gasteiger partial charge in [0.1, 0.15) is 6.04 Å². The van der Waals surface area contributed by atoms with Crippen LogP contribution in [0.2, 0.25) is 5.02 Å². The normalized spacial score (nSPS) is 24.2. The maximum atomic E-state index is 14.1. The Bertz CT molecular complexity index is 1270. The third-order valence-electron chi connectivity index (χ3n) is 8.02. The number of unbranched alkanes of at least 4 members (excludes halogenated alkanes) is 1. The number of amides is 3. The van der Waals surface area contributed by atoms with E-state index in [0.717, 1.165) is 35.1 Å². The summed E-state index contributed by atoms with van der Waals surface area (Å²) in [4.78, 5) is 43.0. The lowest BCUT2D eigenvalue weighted by Gasteiger charge is -2.45. The number of carbonyl (C=O) groups is 3. The molecule has 6 heteroatoms. The number of anilines is 1. The van der Waals surface area contributed by atoms with Crippen LogP contribution in [-0.2, 0) is 14.4 Å². The highest BCUT2D eigenvalue weighted by molar-refractivity contribution is 6.31. The first-order valence-corrected chi connectivity index (χ1v) is 13.0. The van der Waals surface area contributed by atoms with Gasteiger partial charge in [0.15, 0.2) is 0 Å². The zero-order valence-electron chi connectivity index (χ0n) is 20.0. The molecule has 1 heterocycles. The first-order chi connectivity index (χ1) is 17.5. The minimum absolute atomic E-state index is 0.184. The van der Waals surface area contributed by atoms with Crippen molar-refractivity contribution in [3.63, 3.8) is 0 Å². The molecule has 0 radical (unpaired) electrons. The SMILES string of the molecule is CCCCC(C(=O)Nc1cccc(Cl)c1)N1C(=O)C2C3c4ccccc4C(c4ccccc43)C2C1=O. The molecule has 36 heavy (non-hydrogen) atoms. The lowest BCUT2D eigenvalue weighted by atomic mass is 9.55. The van der Waals surface area contributed by atoms with Gasteiger partial charge in [0.05, 0.1) is 11.8 Å². The van der Waals surface area contributed by atoms with Crippen LogP contribution in [0.1, 0.15) is 60.3 Å². The number of hydrogen-bond donors (Lipinski definition) is 1. The van der Waals surface area contributed by atoms with Crippen LogP contribution < -0.4 is 5.32 Å². The van der Waals surface area contributed by atoms with E-state index in [2.05, 4.69) is 29.6 Å². The number of halogens is 1. The summed E-state index contributed by atoms with van der Waals surface area (Å²) in [6, 6.07) is 22.4. The van der Waals surface area contributed by atoms with Gasteiger partial charge in [0, 0.05) is 22.5 Å². The van der Waals surface area contributed by atoms with Gasteiger partial charge in [-0.05, 0) is 46.9 Å². The lowest BCUT2D eigenvalue weighted by Crippen LogP contribution is -2.48. The zero-order chi connectivity index (χ0) is 25.0. The third kappa shape index (κ3) is 3.40. The average molecular weight is 499 g/mol. The number of imide groups is 1. The standard InChI is InChI=1S/C30H27ClN2O3/c1-2-3-15-23(28(34)32-18-10-8-9-17(31)16-18)33-29(35)26-24-19-11-4-5-12-20(19)25(27(26)30(33)36)22-14-7-6-13-21(22)24/h4-14,16,23-27H,2-3,15H2,1H3,(H,32,34). The van der Waals surface area contributed by atoms with E-state index in [9.17, 15) is 14.4 Å². The molecule has 0 spiro atoms. The first-order valence-electron chi connectivity index (χ1n) is 12.6. The number of benzene rings is 3. The summed E-state index contributed by atoms with van der Waals surface area (Å²) < 4.78 is 0. The zero-order valence-corrected chi connectivity index (χ0v) is 20.7. The highest BCUT2D eigenvalue weighted by Gasteiger charge is 2.62.